The number of hydrogen-bond donors (Lipinski definition) is 2. The van der Waals surface area contributed by atoms with Crippen LogP contribution in [-0.4, -0.2) is 57.0 Å². The second-order valence-electron chi connectivity index (χ2n) is 7.95. The highest BCUT2D eigenvalue weighted by Gasteiger charge is 2.30. The topological polar surface area (TPSA) is 95.9 Å². The third-order valence-corrected chi connectivity index (χ3v) is 5.73. The van der Waals surface area contributed by atoms with E-state index in [9.17, 15) is 22.8 Å². The van der Waals surface area contributed by atoms with Crippen LogP contribution in [0.25, 0.3) is 27.8 Å². The number of fused-ring (bicyclic) bond motifs is 1. The van der Waals surface area contributed by atoms with Gasteiger partial charge in [0.1, 0.15) is 5.69 Å². The van der Waals surface area contributed by atoms with Crippen molar-refractivity contribution in [3.63, 3.8) is 0 Å². The van der Waals surface area contributed by atoms with Gasteiger partial charge in [-0.1, -0.05) is 11.3 Å². The number of amides is 1. The number of piperazine rings is 1. The molecule has 11 heteroatoms. The molecule has 0 aliphatic carbocycles. The highest BCUT2D eigenvalue weighted by molar-refractivity contribution is 5.94. The summed E-state index contributed by atoms with van der Waals surface area (Å²) in [5.41, 5.74) is 0.329. The van der Waals surface area contributed by atoms with Gasteiger partial charge in [0.25, 0.3) is 11.5 Å². The summed E-state index contributed by atoms with van der Waals surface area (Å²) < 4.78 is 40.3. The Balaban J connectivity index is 1.40. The Morgan fingerprint density at radius 2 is 1.74 bits per heavy atom. The minimum absolute atomic E-state index is 0.0382. The maximum atomic E-state index is 13.0. The number of H-pyrrole nitrogens is 1. The number of nitrogens with one attached hydrogen (secondary N) is 2. The van der Waals surface area contributed by atoms with Crippen molar-refractivity contribution in [1.29, 1.82) is 0 Å². The molecule has 1 fully saturated rings. The van der Waals surface area contributed by atoms with Crippen LogP contribution in [0.5, 0.6) is 0 Å². The van der Waals surface area contributed by atoms with Crippen LogP contribution >= 0.6 is 0 Å². The van der Waals surface area contributed by atoms with Crippen molar-refractivity contribution in [2.75, 3.05) is 26.2 Å². The molecule has 0 atom stereocenters. The molecular formula is C23H19F3N6O2. The summed E-state index contributed by atoms with van der Waals surface area (Å²) in [7, 11) is 0. The molecule has 0 spiro atoms. The van der Waals surface area contributed by atoms with Gasteiger partial charge in [-0.2, -0.15) is 13.2 Å². The minimum Gasteiger partial charge on any atom is -0.336 e. The van der Waals surface area contributed by atoms with Crippen molar-refractivity contribution in [2.24, 2.45) is 0 Å². The molecule has 0 radical (unpaired) electrons. The molecule has 1 aliphatic rings. The molecule has 0 unspecified atom stereocenters. The van der Waals surface area contributed by atoms with E-state index in [1.165, 1.54) is 16.8 Å². The lowest BCUT2D eigenvalue weighted by molar-refractivity contribution is -0.137. The molecule has 4 aromatic rings. The molecule has 2 aromatic heterocycles. The number of halogens is 3. The van der Waals surface area contributed by atoms with Crippen molar-refractivity contribution in [2.45, 2.75) is 6.18 Å². The van der Waals surface area contributed by atoms with E-state index in [0.717, 1.165) is 25.2 Å². The Kier molecular flexibility index (Phi) is 5.40. The van der Waals surface area contributed by atoms with Crippen LogP contribution in [0, 0.1) is 0 Å². The Hall–Kier alpha value is -3.99. The summed E-state index contributed by atoms with van der Waals surface area (Å²) in [5, 5.41) is 11.8. The maximum absolute atomic E-state index is 13.0. The summed E-state index contributed by atoms with van der Waals surface area (Å²) in [6, 6.07) is 11.5. The van der Waals surface area contributed by atoms with E-state index >= 15 is 0 Å². The molecule has 5 rings (SSSR count). The fourth-order valence-electron chi connectivity index (χ4n) is 3.89. The molecule has 8 nitrogen and oxygen atoms in total. The summed E-state index contributed by atoms with van der Waals surface area (Å²) in [6.07, 6.45) is -2.95. The van der Waals surface area contributed by atoms with Gasteiger partial charge in [0.05, 0.1) is 23.0 Å². The van der Waals surface area contributed by atoms with E-state index in [-0.39, 0.29) is 22.7 Å². The van der Waals surface area contributed by atoms with E-state index < -0.39 is 17.3 Å². The number of benzene rings is 2. The van der Waals surface area contributed by atoms with Gasteiger partial charge in [-0.25, -0.2) is 4.68 Å². The number of carbonyl (C=O) groups excluding carboxylic acids is 1. The molecule has 0 bridgehead atoms. The average molecular weight is 468 g/mol. The van der Waals surface area contributed by atoms with Crippen molar-refractivity contribution in [1.82, 2.24) is 30.2 Å². The number of aromatic amines is 1. The van der Waals surface area contributed by atoms with Crippen LogP contribution in [-0.2, 0) is 6.18 Å². The van der Waals surface area contributed by atoms with Gasteiger partial charge in [0.15, 0.2) is 0 Å². The predicted molar refractivity (Wildman–Crippen MR) is 119 cm³/mol. The van der Waals surface area contributed by atoms with Crippen LogP contribution in [0.15, 0.2) is 59.5 Å². The Labute approximate surface area is 191 Å². The highest BCUT2D eigenvalue weighted by Crippen LogP contribution is 2.31. The van der Waals surface area contributed by atoms with Gasteiger partial charge < -0.3 is 15.2 Å². The van der Waals surface area contributed by atoms with Gasteiger partial charge in [0, 0.05) is 37.3 Å². The largest absolute Gasteiger partial charge is 0.416 e. The monoisotopic (exact) mass is 468 g/mol. The fraction of sp³-hybridized carbons (Fsp3) is 0.217. The molecule has 1 saturated heterocycles. The summed E-state index contributed by atoms with van der Waals surface area (Å²) in [6.45, 7) is 2.85. The SMILES string of the molecule is O=C(c1ccc(-n2cc(-c3cc4ccc(C(F)(F)F)cc4[nH]c3=O)nn2)cc1)N1CCNCC1. The number of aromatic nitrogens is 4. The van der Waals surface area contributed by atoms with Crippen molar-refractivity contribution in [3.8, 4) is 16.9 Å². The number of pyridine rings is 1. The molecule has 3 heterocycles. The van der Waals surface area contributed by atoms with Gasteiger partial charge in [-0.15, -0.1) is 5.10 Å². The maximum Gasteiger partial charge on any atom is 0.416 e. The fourth-order valence-corrected chi connectivity index (χ4v) is 3.89. The third kappa shape index (κ3) is 4.17. The van der Waals surface area contributed by atoms with Crippen molar-refractivity contribution in [3.05, 3.63) is 76.2 Å². The van der Waals surface area contributed by atoms with Crippen molar-refractivity contribution < 1.29 is 18.0 Å². The van der Waals surface area contributed by atoms with Gasteiger partial charge >= 0.3 is 6.18 Å². The highest BCUT2D eigenvalue weighted by atomic mass is 19.4. The second kappa shape index (κ2) is 8.41. The van der Waals surface area contributed by atoms with E-state index in [1.54, 1.807) is 35.4 Å². The van der Waals surface area contributed by atoms with E-state index in [0.29, 0.717) is 29.7 Å². The van der Waals surface area contributed by atoms with E-state index in [4.69, 9.17) is 0 Å². The molecule has 174 valence electrons. The molecule has 2 N–H and O–H groups in total. The standard InChI is InChI=1S/C23H19F3N6O2/c24-23(25,26)16-4-1-15-11-18(21(33)28-19(15)12-16)20-13-32(30-29-20)17-5-2-14(3-6-17)22(34)31-9-7-27-8-10-31/h1-6,11-13,27H,7-10H2,(H,28,33). The van der Waals surface area contributed by atoms with Crippen molar-refractivity contribution >= 4 is 16.8 Å². The lowest BCUT2D eigenvalue weighted by Crippen LogP contribution is -2.46. The molecule has 2 aromatic carbocycles. The minimum atomic E-state index is -4.50. The smallest absolute Gasteiger partial charge is 0.336 e. The first-order valence-corrected chi connectivity index (χ1v) is 10.6. The van der Waals surface area contributed by atoms with Crippen LogP contribution in [0.2, 0.25) is 0 Å². The van der Waals surface area contributed by atoms with Crippen LogP contribution in [0.3, 0.4) is 0 Å². The van der Waals surface area contributed by atoms with E-state index in [1.807, 2.05) is 0 Å². The second-order valence-corrected chi connectivity index (χ2v) is 7.95. The molecule has 1 aliphatic heterocycles. The molecule has 1 amide bonds. The Morgan fingerprint density at radius 3 is 2.44 bits per heavy atom. The zero-order valence-electron chi connectivity index (χ0n) is 17.8. The van der Waals surface area contributed by atoms with Crippen LogP contribution in [0.4, 0.5) is 13.2 Å². The van der Waals surface area contributed by atoms with Crippen LogP contribution < -0.4 is 10.9 Å². The zero-order chi connectivity index (χ0) is 23.9. The van der Waals surface area contributed by atoms with Gasteiger partial charge in [-0.3, -0.25) is 9.59 Å². The molecule has 34 heavy (non-hydrogen) atoms. The van der Waals surface area contributed by atoms with Gasteiger partial charge in [0.2, 0.25) is 0 Å². The first-order valence-electron chi connectivity index (χ1n) is 10.6. The lowest BCUT2D eigenvalue weighted by Gasteiger charge is -2.27. The normalized spacial score (nSPS) is 14.5. The zero-order valence-corrected chi connectivity index (χ0v) is 17.8. The quantitative estimate of drug-likeness (QED) is 0.482. The first kappa shape index (κ1) is 21.8. The Morgan fingerprint density at radius 1 is 1.00 bits per heavy atom. The van der Waals surface area contributed by atoms with E-state index in [2.05, 4.69) is 20.6 Å². The average Bonchev–Trinajstić information content (AvgIpc) is 3.33. The lowest BCUT2D eigenvalue weighted by atomic mass is 10.1. The summed E-state index contributed by atoms with van der Waals surface area (Å²) in [4.78, 5) is 29.5. The Bertz CT molecular complexity index is 1420. The first-order chi connectivity index (χ1) is 16.3. The summed E-state index contributed by atoms with van der Waals surface area (Å²) in [5.74, 6) is -0.0382. The molecule has 0 saturated carbocycles. The number of carbonyl (C=O) groups is 1. The number of alkyl halides is 3. The molecular weight excluding hydrogens is 449 g/mol. The number of hydrogen-bond acceptors (Lipinski definition) is 5. The van der Waals surface area contributed by atoms with Gasteiger partial charge in [-0.05, 0) is 47.9 Å². The number of nitrogens with zero attached hydrogens (tertiary/aromatic N) is 4. The predicted octanol–water partition coefficient (Wildman–Crippen LogP) is 2.84. The van der Waals surface area contributed by atoms with Crippen LogP contribution in [0.1, 0.15) is 15.9 Å². The third-order valence-electron chi connectivity index (χ3n) is 5.73. The summed E-state index contributed by atoms with van der Waals surface area (Å²) >= 11 is 0. The number of rotatable bonds is 3.